The Labute approximate surface area is 100 Å². The fourth-order valence-corrected chi connectivity index (χ4v) is 3.99. The molecule has 3 rings (SSSR count). The van der Waals surface area contributed by atoms with Crippen molar-refractivity contribution in [1.29, 1.82) is 0 Å². The van der Waals surface area contributed by atoms with Gasteiger partial charge in [0.05, 0.1) is 4.88 Å². The monoisotopic (exact) mass is 235 g/mol. The summed E-state index contributed by atoms with van der Waals surface area (Å²) in [5, 5.41) is 5.03. The second-order valence-corrected chi connectivity index (χ2v) is 6.07. The van der Waals surface area contributed by atoms with Crippen LogP contribution in [-0.2, 0) is 0 Å². The summed E-state index contributed by atoms with van der Waals surface area (Å²) in [7, 11) is 0. The van der Waals surface area contributed by atoms with Crippen LogP contribution >= 0.6 is 11.3 Å². The highest BCUT2D eigenvalue weighted by Gasteiger charge is 2.39. The molecule has 0 radical (unpaired) electrons. The highest BCUT2D eigenvalue weighted by Crippen LogP contribution is 2.47. The molecule has 0 unspecified atom stereocenters. The molecule has 0 spiro atoms. The Morgan fingerprint density at radius 3 is 3.00 bits per heavy atom. The first-order chi connectivity index (χ1) is 7.83. The van der Waals surface area contributed by atoms with Gasteiger partial charge in [-0.15, -0.1) is 11.3 Å². The molecule has 0 aliphatic heterocycles. The lowest BCUT2D eigenvalue weighted by Crippen LogP contribution is -2.31. The lowest BCUT2D eigenvalue weighted by Gasteiger charge is -2.21. The van der Waals surface area contributed by atoms with Crippen LogP contribution in [0.5, 0.6) is 0 Å². The van der Waals surface area contributed by atoms with Crippen molar-refractivity contribution in [3.05, 3.63) is 22.4 Å². The molecule has 1 N–H and O–H groups in total. The van der Waals surface area contributed by atoms with Gasteiger partial charge in [-0.25, -0.2) is 0 Å². The van der Waals surface area contributed by atoms with E-state index in [4.69, 9.17) is 0 Å². The van der Waals surface area contributed by atoms with Gasteiger partial charge in [0.2, 0.25) is 0 Å². The molecule has 1 aromatic rings. The largest absolute Gasteiger partial charge is 0.351 e. The quantitative estimate of drug-likeness (QED) is 0.857. The number of hydrogen-bond donors (Lipinski definition) is 1. The molecule has 1 amide bonds. The molecule has 16 heavy (non-hydrogen) atoms. The first-order valence-electron chi connectivity index (χ1n) is 6.14. The van der Waals surface area contributed by atoms with Gasteiger partial charge in [-0.3, -0.25) is 4.79 Å². The molecule has 2 nitrogen and oxygen atoms in total. The normalized spacial score (nSPS) is 31.9. The fraction of sp³-hybridized carbons (Fsp3) is 0.615. The van der Waals surface area contributed by atoms with Crippen molar-refractivity contribution >= 4 is 17.2 Å². The van der Waals surface area contributed by atoms with Gasteiger partial charge < -0.3 is 5.32 Å². The van der Waals surface area contributed by atoms with E-state index in [1.165, 1.54) is 37.0 Å². The summed E-state index contributed by atoms with van der Waals surface area (Å²) in [6, 6.07) is 3.82. The number of carbonyl (C=O) groups is 1. The van der Waals surface area contributed by atoms with Crippen LogP contribution in [0.2, 0.25) is 0 Å². The molecule has 86 valence electrons. The topological polar surface area (TPSA) is 29.1 Å². The Kier molecular flexibility index (Phi) is 2.72. The lowest BCUT2D eigenvalue weighted by atomic mass is 9.89. The molecule has 1 heterocycles. The minimum absolute atomic E-state index is 0.109. The zero-order valence-corrected chi connectivity index (χ0v) is 10.1. The van der Waals surface area contributed by atoms with Gasteiger partial charge in [0.1, 0.15) is 0 Å². The minimum Gasteiger partial charge on any atom is -0.351 e. The van der Waals surface area contributed by atoms with E-state index in [0.29, 0.717) is 0 Å². The average molecular weight is 235 g/mol. The number of fused-ring (bicyclic) bond motifs is 2. The zero-order valence-electron chi connectivity index (χ0n) is 9.32. The van der Waals surface area contributed by atoms with Crippen molar-refractivity contribution in [2.45, 2.75) is 25.7 Å². The summed E-state index contributed by atoms with van der Waals surface area (Å²) < 4.78 is 0. The third kappa shape index (κ3) is 1.88. The van der Waals surface area contributed by atoms with E-state index < -0.39 is 0 Å². The van der Waals surface area contributed by atoms with Crippen molar-refractivity contribution in [3.8, 4) is 0 Å². The Bertz CT molecular complexity index is 373. The van der Waals surface area contributed by atoms with Gasteiger partial charge in [-0.1, -0.05) is 12.5 Å². The van der Waals surface area contributed by atoms with Crippen molar-refractivity contribution in [2.24, 2.45) is 17.8 Å². The minimum atomic E-state index is 0.109. The van der Waals surface area contributed by atoms with E-state index in [-0.39, 0.29) is 5.91 Å². The van der Waals surface area contributed by atoms with Crippen LogP contribution in [0.3, 0.4) is 0 Å². The molecule has 3 heteroatoms. The third-order valence-electron chi connectivity index (χ3n) is 4.15. The van der Waals surface area contributed by atoms with Gasteiger partial charge >= 0.3 is 0 Å². The molecule has 0 aromatic carbocycles. The van der Waals surface area contributed by atoms with Crippen LogP contribution in [0.25, 0.3) is 0 Å². The highest BCUT2D eigenvalue weighted by atomic mass is 32.1. The second-order valence-electron chi connectivity index (χ2n) is 5.12. The molecule has 1 aromatic heterocycles. The first kappa shape index (κ1) is 10.3. The van der Waals surface area contributed by atoms with Gasteiger partial charge in [0, 0.05) is 6.54 Å². The summed E-state index contributed by atoms with van der Waals surface area (Å²) in [5.41, 5.74) is 0. The number of carbonyl (C=O) groups excluding carboxylic acids is 1. The predicted molar refractivity (Wildman–Crippen MR) is 65.6 cm³/mol. The summed E-state index contributed by atoms with van der Waals surface area (Å²) in [6.45, 7) is 0.887. The molecular weight excluding hydrogens is 218 g/mol. The van der Waals surface area contributed by atoms with Crippen molar-refractivity contribution in [1.82, 2.24) is 5.32 Å². The molecule has 2 aliphatic rings. The Morgan fingerprint density at radius 2 is 2.38 bits per heavy atom. The molecule has 0 saturated heterocycles. The van der Waals surface area contributed by atoms with E-state index in [1.54, 1.807) is 0 Å². The van der Waals surface area contributed by atoms with Crippen LogP contribution < -0.4 is 5.32 Å². The Morgan fingerprint density at radius 1 is 1.44 bits per heavy atom. The highest BCUT2D eigenvalue weighted by molar-refractivity contribution is 7.12. The maximum absolute atomic E-state index is 11.8. The van der Waals surface area contributed by atoms with Crippen molar-refractivity contribution in [3.63, 3.8) is 0 Å². The van der Waals surface area contributed by atoms with E-state index in [2.05, 4.69) is 5.32 Å². The van der Waals surface area contributed by atoms with E-state index in [9.17, 15) is 4.79 Å². The van der Waals surface area contributed by atoms with Crippen molar-refractivity contribution in [2.75, 3.05) is 6.54 Å². The van der Waals surface area contributed by atoms with Gasteiger partial charge in [-0.2, -0.15) is 0 Å². The third-order valence-corrected chi connectivity index (χ3v) is 5.02. The summed E-state index contributed by atoms with van der Waals surface area (Å²) in [6.07, 6.45) is 5.58. The van der Waals surface area contributed by atoms with E-state index >= 15 is 0 Å². The number of thiophene rings is 1. The Balaban J connectivity index is 1.52. The van der Waals surface area contributed by atoms with Crippen LogP contribution in [0.15, 0.2) is 17.5 Å². The molecule has 2 bridgehead atoms. The fourth-order valence-electron chi connectivity index (χ4n) is 3.35. The van der Waals surface area contributed by atoms with Crippen molar-refractivity contribution < 1.29 is 4.79 Å². The standard InChI is InChI=1S/C13H17NOS/c15-13(12-2-1-5-16-12)14-8-11-7-9-3-4-10(11)6-9/h1-2,5,9-11H,3-4,6-8H2,(H,14,15)/t9-,10-,11+/m1/s1. The van der Waals surface area contributed by atoms with Gasteiger partial charge in [-0.05, 0) is 48.5 Å². The molecule has 3 atom stereocenters. The Hall–Kier alpha value is -0.830. The SMILES string of the molecule is O=C(NC[C@@H]1C[C@@H]2CC[C@@H]1C2)c1cccs1. The summed E-state index contributed by atoms with van der Waals surface area (Å²) >= 11 is 1.52. The maximum atomic E-state index is 11.8. The summed E-state index contributed by atoms with van der Waals surface area (Å²) in [4.78, 5) is 12.6. The number of nitrogens with one attached hydrogen (secondary N) is 1. The predicted octanol–water partition coefficient (Wildman–Crippen LogP) is 2.91. The van der Waals surface area contributed by atoms with E-state index in [0.717, 1.165) is 29.2 Å². The van der Waals surface area contributed by atoms with Gasteiger partial charge in [0.15, 0.2) is 0 Å². The maximum Gasteiger partial charge on any atom is 0.261 e. The molecule has 2 aliphatic carbocycles. The first-order valence-corrected chi connectivity index (χ1v) is 7.02. The summed E-state index contributed by atoms with van der Waals surface area (Å²) in [5.74, 6) is 2.72. The average Bonchev–Trinajstić information content (AvgIpc) is 3.01. The second kappa shape index (κ2) is 4.21. The van der Waals surface area contributed by atoms with Crippen LogP contribution in [-0.4, -0.2) is 12.5 Å². The van der Waals surface area contributed by atoms with Crippen LogP contribution in [0.4, 0.5) is 0 Å². The van der Waals surface area contributed by atoms with Gasteiger partial charge in [0.25, 0.3) is 5.91 Å². The van der Waals surface area contributed by atoms with Crippen LogP contribution in [0, 0.1) is 17.8 Å². The zero-order chi connectivity index (χ0) is 11.0. The van der Waals surface area contributed by atoms with Crippen LogP contribution in [0.1, 0.15) is 35.4 Å². The number of hydrogen-bond acceptors (Lipinski definition) is 2. The van der Waals surface area contributed by atoms with E-state index in [1.807, 2.05) is 17.5 Å². The lowest BCUT2D eigenvalue weighted by molar-refractivity contribution is 0.0946. The smallest absolute Gasteiger partial charge is 0.261 e. The number of amides is 1. The number of rotatable bonds is 3. The molecular formula is C13H17NOS. The molecule has 2 saturated carbocycles. The molecule has 2 fully saturated rings.